The van der Waals surface area contributed by atoms with Crippen LogP contribution in [-0.2, 0) is 4.79 Å². The molecule has 0 fully saturated rings. The quantitative estimate of drug-likeness (QED) is 0.613. The van der Waals surface area contributed by atoms with Crippen LogP contribution < -0.4 is 0 Å². The highest BCUT2D eigenvalue weighted by Crippen LogP contribution is 2.22. The summed E-state index contributed by atoms with van der Waals surface area (Å²) in [4.78, 5) is 20.8. The van der Waals surface area contributed by atoms with E-state index in [2.05, 4.69) is 0 Å². The fraction of sp³-hybridized carbons (Fsp3) is 0.200. The summed E-state index contributed by atoms with van der Waals surface area (Å²) >= 11 is 0. The molecular formula is C10H8F2O6. The van der Waals surface area contributed by atoms with Gasteiger partial charge in [0.1, 0.15) is 23.3 Å². The standard InChI is InChI=1S/C10H8F2O6/c11-4-1-3(7(13)8(14)10(17)18)2-5(12)6(4)9(15)16/h1-2,7-8,13-14H,(H,15,16)(H,17,18). The molecule has 0 saturated carbocycles. The predicted octanol–water partition coefficient (Wildman–Crippen LogP) is 0.142. The molecule has 0 aliphatic carbocycles. The number of rotatable bonds is 4. The summed E-state index contributed by atoms with van der Waals surface area (Å²) < 4.78 is 26.5. The average molecular weight is 262 g/mol. The van der Waals surface area contributed by atoms with Crippen LogP contribution in [-0.4, -0.2) is 38.5 Å². The van der Waals surface area contributed by atoms with Crippen molar-refractivity contribution in [1.29, 1.82) is 0 Å². The van der Waals surface area contributed by atoms with Gasteiger partial charge >= 0.3 is 11.9 Å². The third-order valence-electron chi connectivity index (χ3n) is 2.17. The molecule has 1 rings (SSSR count). The molecule has 98 valence electrons. The Hall–Kier alpha value is -2.06. The Morgan fingerprint density at radius 3 is 1.83 bits per heavy atom. The number of aliphatic hydroxyl groups excluding tert-OH is 2. The molecule has 1 aromatic rings. The lowest BCUT2D eigenvalue weighted by atomic mass is 10.0. The van der Waals surface area contributed by atoms with E-state index in [-0.39, 0.29) is 0 Å². The van der Waals surface area contributed by atoms with E-state index in [4.69, 9.17) is 15.3 Å². The van der Waals surface area contributed by atoms with Gasteiger partial charge in [0.05, 0.1) is 0 Å². The molecule has 0 aliphatic rings. The predicted molar refractivity (Wildman–Crippen MR) is 51.9 cm³/mol. The molecule has 6 nitrogen and oxygen atoms in total. The number of carbonyl (C=O) groups is 2. The number of hydrogen-bond donors (Lipinski definition) is 4. The summed E-state index contributed by atoms with van der Waals surface area (Å²) in [6.07, 6.45) is -4.35. The Bertz CT molecular complexity index is 478. The first-order chi connectivity index (χ1) is 8.25. The largest absolute Gasteiger partial charge is 0.479 e. The molecule has 2 unspecified atom stereocenters. The highest BCUT2D eigenvalue weighted by atomic mass is 19.1. The van der Waals surface area contributed by atoms with E-state index in [1.54, 1.807) is 0 Å². The fourth-order valence-electron chi connectivity index (χ4n) is 1.29. The van der Waals surface area contributed by atoms with Crippen molar-refractivity contribution in [1.82, 2.24) is 0 Å². The van der Waals surface area contributed by atoms with E-state index in [0.717, 1.165) is 0 Å². The molecule has 0 bridgehead atoms. The first-order valence-electron chi connectivity index (χ1n) is 4.57. The highest BCUT2D eigenvalue weighted by molar-refractivity contribution is 5.88. The van der Waals surface area contributed by atoms with Gasteiger partial charge in [0.15, 0.2) is 6.10 Å². The SMILES string of the molecule is O=C(O)c1c(F)cc(C(O)C(O)C(=O)O)cc1F. The summed E-state index contributed by atoms with van der Waals surface area (Å²) in [5.74, 6) is -6.58. The monoisotopic (exact) mass is 262 g/mol. The van der Waals surface area contributed by atoms with Gasteiger partial charge in [-0.2, -0.15) is 0 Å². The molecule has 0 saturated heterocycles. The second-order valence-electron chi connectivity index (χ2n) is 3.39. The molecular weight excluding hydrogens is 254 g/mol. The lowest BCUT2D eigenvalue weighted by Crippen LogP contribution is -2.27. The van der Waals surface area contributed by atoms with Gasteiger partial charge in [0, 0.05) is 0 Å². The van der Waals surface area contributed by atoms with Crippen molar-refractivity contribution in [2.75, 3.05) is 0 Å². The van der Waals surface area contributed by atoms with Gasteiger partial charge in [0.25, 0.3) is 0 Å². The van der Waals surface area contributed by atoms with E-state index >= 15 is 0 Å². The van der Waals surface area contributed by atoms with Crippen LogP contribution in [0.4, 0.5) is 8.78 Å². The minimum Gasteiger partial charge on any atom is -0.479 e. The van der Waals surface area contributed by atoms with Crippen LogP contribution in [0.3, 0.4) is 0 Å². The minimum atomic E-state index is -2.28. The van der Waals surface area contributed by atoms with Crippen LogP contribution in [0.5, 0.6) is 0 Å². The maximum atomic E-state index is 13.2. The van der Waals surface area contributed by atoms with Crippen molar-refractivity contribution in [3.63, 3.8) is 0 Å². The zero-order chi connectivity index (χ0) is 14.0. The summed E-state index contributed by atoms with van der Waals surface area (Å²) in [7, 11) is 0. The summed E-state index contributed by atoms with van der Waals surface area (Å²) in [5, 5.41) is 35.2. The van der Waals surface area contributed by atoms with E-state index in [9.17, 15) is 23.5 Å². The molecule has 0 aromatic heterocycles. The third kappa shape index (κ3) is 2.60. The lowest BCUT2D eigenvalue weighted by molar-refractivity contribution is -0.153. The van der Waals surface area contributed by atoms with Gasteiger partial charge in [0.2, 0.25) is 0 Å². The van der Waals surface area contributed by atoms with E-state index in [0.29, 0.717) is 12.1 Å². The molecule has 0 heterocycles. The van der Waals surface area contributed by atoms with Crippen LogP contribution >= 0.6 is 0 Å². The Kier molecular flexibility index (Phi) is 3.94. The van der Waals surface area contributed by atoms with Gasteiger partial charge in [-0.05, 0) is 17.7 Å². The van der Waals surface area contributed by atoms with E-state index < -0.39 is 46.9 Å². The molecule has 18 heavy (non-hydrogen) atoms. The maximum absolute atomic E-state index is 13.2. The van der Waals surface area contributed by atoms with Gasteiger partial charge in [-0.15, -0.1) is 0 Å². The smallest absolute Gasteiger partial charge is 0.341 e. The molecule has 1 aromatic carbocycles. The van der Waals surface area contributed by atoms with Gasteiger partial charge in [-0.1, -0.05) is 0 Å². The molecule has 0 spiro atoms. The van der Waals surface area contributed by atoms with Crippen molar-refractivity contribution in [2.45, 2.75) is 12.2 Å². The molecule has 0 aliphatic heterocycles. The average Bonchev–Trinajstić information content (AvgIpc) is 2.25. The number of aliphatic carboxylic acids is 1. The van der Waals surface area contributed by atoms with Crippen LogP contribution in [0.15, 0.2) is 12.1 Å². The fourth-order valence-corrected chi connectivity index (χ4v) is 1.29. The normalized spacial score (nSPS) is 14.0. The molecule has 0 amide bonds. The van der Waals surface area contributed by atoms with Gasteiger partial charge in [-0.3, -0.25) is 0 Å². The lowest BCUT2D eigenvalue weighted by Gasteiger charge is -2.15. The van der Waals surface area contributed by atoms with Crippen LogP contribution in [0.25, 0.3) is 0 Å². The van der Waals surface area contributed by atoms with E-state index in [1.807, 2.05) is 0 Å². The topological polar surface area (TPSA) is 115 Å². The number of carboxylic acid groups (broad SMARTS) is 2. The number of carboxylic acids is 2. The van der Waals surface area contributed by atoms with Crippen molar-refractivity contribution in [2.24, 2.45) is 0 Å². The van der Waals surface area contributed by atoms with E-state index in [1.165, 1.54) is 0 Å². The van der Waals surface area contributed by atoms with Crippen molar-refractivity contribution < 1.29 is 38.8 Å². The number of aliphatic hydroxyl groups is 2. The Morgan fingerprint density at radius 2 is 1.50 bits per heavy atom. The minimum absolute atomic E-state index is 0.448. The first-order valence-corrected chi connectivity index (χ1v) is 4.57. The highest BCUT2D eigenvalue weighted by Gasteiger charge is 2.28. The van der Waals surface area contributed by atoms with Gasteiger partial charge < -0.3 is 20.4 Å². The number of aromatic carboxylic acids is 1. The number of halogens is 2. The zero-order valence-corrected chi connectivity index (χ0v) is 8.67. The second-order valence-corrected chi connectivity index (χ2v) is 3.39. The molecule has 8 heteroatoms. The third-order valence-corrected chi connectivity index (χ3v) is 2.17. The van der Waals surface area contributed by atoms with Gasteiger partial charge in [-0.25, -0.2) is 18.4 Å². The van der Waals surface area contributed by atoms with Crippen molar-refractivity contribution >= 4 is 11.9 Å². The Balaban J connectivity index is 3.22. The van der Waals surface area contributed by atoms with Crippen LogP contribution in [0, 0.1) is 11.6 Å². The number of benzene rings is 1. The summed E-state index contributed by atoms with van der Waals surface area (Å²) in [5.41, 5.74) is -1.80. The van der Waals surface area contributed by atoms with Crippen molar-refractivity contribution in [3.05, 3.63) is 34.9 Å². The Labute approximate surface area is 98.7 Å². The first kappa shape index (κ1) is 14.0. The summed E-state index contributed by atoms with van der Waals surface area (Å²) in [6, 6.07) is 0.896. The molecule has 0 radical (unpaired) electrons. The zero-order valence-electron chi connectivity index (χ0n) is 8.67. The molecule has 2 atom stereocenters. The van der Waals surface area contributed by atoms with Crippen molar-refractivity contribution in [3.8, 4) is 0 Å². The van der Waals surface area contributed by atoms with Crippen LogP contribution in [0.1, 0.15) is 22.0 Å². The number of hydrogen-bond acceptors (Lipinski definition) is 4. The Morgan fingerprint density at radius 1 is 1.06 bits per heavy atom. The molecule has 4 N–H and O–H groups in total. The summed E-state index contributed by atoms with van der Waals surface area (Å²) in [6.45, 7) is 0. The van der Waals surface area contributed by atoms with Crippen LogP contribution in [0.2, 0.25) is 0 Å². The second kappa shape index (κ2) is 5.07. The maximum Gasteiger partial charge on any atom is 0.341 e.